The third-order valence-corrected chi connectivity index (χ3v) is 3.55. The number of carboxylic acid groups (broad SMARTS) is 1. The monoisotopic (exact) mass is 317 g/mol. The highest BCUT2D eigenvalue weighted by atomic mass is 79.9. The smallest absolute Gasteiger partial charge is 0.326 e. The number of anilines is 1. The quantitative estimate of drug-likeness (QED) is 0.756. The Kier molecular flexibility index (Phi) is 6.44. The number of aliphatic carboxylic acids is 1. The van der Waals surface area contributed by atoms with E-state index >= 15 is 0 Å². The maximum atomic E-state index is 11.1. The fourth-order valence-corrected chi connectivity index (χ4v) is 2.16. The third kappa shape index (κ3) is 5.46. The van der Waals surface area contributed by atoms with Crippen LogP contribution in [0.1, 0.15) is 12.8 Å². The van der Waals surface area contributed by atoms with Crippen LogP contribution in [-0.4, -0.2) is 29.1 Å². The molecule has 3 nitrogen and oxygen atoms in total. The Bertz CT molecular complexity index is 356. The highest BCUT2D eigenvalue weighted by Crippen LogP contribution is 2.16. The van der Waals surface area contributed by atoms with Crippen LogP contribution in [0.25, 0.3) is 0 Å². The van der Waals surface area contributed by atoms with Crippen LogP contribution >= 0.6 is 27.7 Å². The first kappa shape index (κ1) is 14.4. The number of hydrogen-bond acceptors (Lipinski definition) is 3. The molecule has 0 fully saturated rings. The standard InChI is InChI=1S/C12H16BrNO2S/c1-17-8-2-3-11(12(15)16)14-10-6-4-9(13)5-7-10/h4-7,11,14H,2-3,8H2,1H3,(H,15,16). The molecule has 5 heteroatoms. The number of halogens is 1. The molecule has 1 aromatic rings. The summed E-state index contributed by atoms with van der Waals surface area (Å²) in [5.41, 5.74) is 0.838. The van der Waals surface area contributed by atoms with E-state index in [1.807, 2.05) is 30.5 Å². The van der Waals surface area contributed by atoms with Gasteiger partial charge in [0.2, 0.25) is 0 Å². The van der Waals surface area contributed by atoms with E-state index in [2.05, 4.69) is 21.2 Å². The lowest BCUT2D eigenvalue weighted by Gasteiger charge is -2.15. The van der Waals surface area contributed by atoms with Gasteiger partial charge in [-0.2, -0.15) is 11.8 Å². The molecule has 0 aliphatic heterocycles. The van der Waals surface area contributed by atoms with Crippen molar-refractivity contribution in [1.29, 1.82) is 0 Å². The van der Waals surface area contributed by atoms with Gasteiger partial charge < -0.3 is 10.4 Å². The van der Waals surface area contributed by atoms with Crippen LogP contribution in [-0.2, 0) is 4.79 Å². The number of benzene rings is 1. The first-order chi connectivity index (χ1) is 8.13. The van der Waals surface area contributed by atoms with Crippen molar-refractivity contribution in [2.24, 2.45) is 0 Å². The van der Waals surface area contributed by atoms with Crippen LogP contribution in [0.3, 0.4) is 0 Å². The predicted molar refractivity (Wildman–Crippen MR) is 76.8 cm³/mol. The molecule has 0 radical (unpaired) electrons. The molecule has 17 heavy (non-hydrogen) atoms. The number of hydrogen-bond donors (Lipinski definition) is 2. The highest BCUT2D eigenvalue weighted by molar-refractivity contribution is 9.10. The number of nitrogens with one attached hydrogen (secondary N) is 1. The molecular weight excluding hydrogens is 302 g/mol. The van der Waals surface area contributed by atoms with E-state index < -0.39 is 12.0 Å². The Labute approximate surface area is 114 Å². The van der Waals surface area contributed by atoms with Crippen molar-refractivity contribution in [2.45, 2.75) is 18.9 Å². The molecule has 1 atom stereocenters. The van der Waals surface area contributed by atoms with Gasteiger partial charge in [0.05, 0.1) is 0 Å². The Hall–Kier alpha value is -0.680. The van der Waals surface area contributed by atoms with Crippen LogP contribution in [0.5, 0.6) is 0 Å². The van der Waals surface area contributed by atoms with E-state index in [1.54, 1.807) is 11.8 Å². The molecule has 1 rings (SSSR count). The van der Waals surface area contributed by atoms with E-state index in [1.165, 1.54) is 0 Å². The molecule has 1 aromatic carbocycles. The van der Waals surface area contributed by atoms with Crippen molar-refractivity contribution in [3.8, 4) is 0 Å². The summed E-state index contributed by atoms with van der Waals surface area (Å²) < 4.78 is 0.984. The largest absolute Gasteiger partial charge is 0.480 e. The lowest BCUT2D eigenvalue weighted by atomic mass is 10.1. The molecule has 0 saturated carbocycles. The second kappa shape index (κ2) is 7.61. The summed E-state index contributed by atoms with van der Waals surface area (Å²) in [5.74, 6) is 0.195. The van der Waals surface area contributed by atoms with E-state index in [0.717, 1.165) is 22.3 Å². The molecule has 2 N–H and O–H groups in total. The van der Waals surface area contributed by atoms with Gasteiger partial charge in [0.1, 0.15) is 6.04 Å². The van der Waals surface area contributed by atoms with Crippen molar-refractivity contribution in [2.75, 3.05) is 17.3 Å². The van der Waals surface area contributed by atoms with Crippen LogP contribution < -0.4 is 5.32 Å². The third-order valence-electron chi connectivity index (χ3n) is 2.32. The summed E-state index contributed by atoms with van der Waals surface area (Å²) in [7, 11) is 0. The lowest BCUT2D eigenvalue weighted by molar-refractivity contribution is -0.138. The van der Waals surface area contributed by atoms with Crippen molar-refractivity contribution in [1.82, 2.24) is 0 Å². The number of carboxylic acids is 1. The summed E-state index contributed by atoms with van der Waals surface area (Å²) in [6, 6.07) is 7.01. The maximum Gasteiger partial charge on any atom is 0.326 e. The van der Waals surface area contributed by atoms with E-state index in [-0.39, 0.29) is 0 Å². The van der Waals surface area contributed by atoms with Gasteiger partial charge in [0, 0.05) is 10.2 Å². The molecule has 0 aliphatic carbocycles. The minimum atomic E-state index is -0.797. The van der Waals surface area contributed by atoms with Crippen molar-refractivity contribution < 1.29 is 9.90 Å². The summed E-state index contributed by atoms with van der Waals surface area (Å²) in [5, 5.41) is 12.1. The molecule has 0 aromatic heterocycles. The van der Waals surface area contributed by atoms with Crippen molar-refractivity contribution in [3.05, 3.63) is 28.7 Å². The number of rotatable bonds is 7. The number of thioether (sulfide) groups is 1. The minimum Gasteiger partial charge on any atom is -0.480 e. The molecule has 0 saturated heterocycles. The minimum absolute atomic E-state index is 0.511. The second-order valence-corrected chi connectivity index (χ2v) is 5.58. The van der Waals surface area contributed by atoms with Gasteiger partial charge in [-0.1, -0.05) is 15.9 Å². The SMILES string of the molecule is CSCCCC(Nc1ccc(Br)cc1)C(=O)O. The molecular formula is C12H16BrNO2S. The Morgan fingerprint density at radius 1 is 1.47 bits per heavy atom. The first-order valence-electron chi connectivity index (χ1n) is 5.37. The highest BCUT2D eigenvalue weighted by Gasteiger charge is 2.16. The first-order valence-corrected chi connectivity index (χ1v) is 7.56. The van der Waals surface area contributed by atoms with Crippen molar-refractivity contribution >= 4 is 39.3 Å². The Morgan fingerprint density at radius 2 is 2.12 bits per heavy atom. The molecule has 0 heterocycles. The van der Waals surface area contributed by atoms with Crippen LogP contribution in [0.2, 0.25) is 0 Å². The predicted octanol–water partition coefficient (Wildman–Crippen LogP) is 3.46. The summed E-state index contributed by atoms with van der Waals surface area (Å²) >= 11 is 5.08. The van der Waals surface area contributed by atoms with E-state index in [4.69, 9.17) is 5.11 Å². The van der Waals surface area contributed by atoms with Gasteiger partial charge in [-0.15, -0.1) is 0 Å². The average Bonchev–Trinajstić information content (AvgIpc) is 2.30. The Morgan fingerprint density at radius 3 is 2.65 bits per heavy atom. The van der Waals surface area contributed by atoms with Crippen LogP contribution in [0.4, 0.5) is 5.69 Å². The zero-order valence-corrected chi connectivity index (χ0v) is 12.1. The van der Waals surface area contributed by atoms with Gasteiger partial charge in [0.25, 0.3) is 0 Å². The fourth-order valence-electron chi connectivity index (χ4n) is 1.44. The van der Waals surface area contributed by atoms with Gasteiger partial charge in [-0.25, -0.2) is 4.79 Å². The fraction of sp³-hybridized carbons (Fsp3) is 0.417. The summed E-state index contributed by atoms with van der Waals surface area (Å²) in [6.07, 6.45) is 3.58. The molecule has 0 amide bonds. The van der Waals surface area contributed by atoms with Gasteiger partial charge in [-0.05, 0) is 49.1 Å². The molecule has 1 unspecified atom stereocenters. The number of carbonyl (C=O) groups is 1. The molecule has 0 spiro atoms. The van der Waals surface area contributed by atoms with Crippen LogP contribution in [0.15, 0.2) is 28.7 Å². The Balaban J connectivity index is 2.54. The molecule has 94 valence electrons. The zero-order chi connectivity index (χ0) is 12.7. The second-order valence-electron chi connectivity index (χ2n) is 3.68. The molecule has 0 bridgehead atoms. The van der Waals surface area contributed by atoms with Gasteiger partial charge >= 0.3 is 5.97 Å². The normalized spacial score (nSPS) is 12.1. The lowest BCUT2D eigenvalue weighted by Crippen LogP contribution is -2.29. The summed E-state index contributed by atoms with van der Waals surface area (Å²) in [6.45, 7) is 0. The van der Waals surface area contributed by atoms with Gasteiger partial charge in [-0.3, -0.25) is 0 Å². The average molecular weight is 318 g/mol. The molecule has 0 aliphatic rings. The van der Waals surface area contributed by atoms with Crippen molar-refractivity contribution in [3.63, 3.8) is 0 Å². The summed E-state index contributed by atoms with van der Waals surface area (Å²) in [4.78, 5) is 11.1. The van der Waals surface area contributed by atoms with E-state index in [0.29, 0.717) is 6.42 Å². The van der Waals surface area contributed by atoms with Crippen LogP contribution in [0, 0.1) is 0 Å². The van der Waals surface area contributed by atoms with E-state index in [9.17, 15) is 4.79 Å². The van der Waals surface area contributed by atoms with Gasteiger partial charge in [0.15, 0.2) is 0 Å². The zero-order valence-electron chi connectivity index (χ0n) is 9.65. The topological polar surface area (TPSA) is 49.3 Å². The maximum absolute atomic E-state index is 11.1.